The topological polar surface area (TPSA) is 47.4 Å². The molecule has 1 aliphatic rings. The van der Waals surface area contributed by atoms with Crippen molar-refractivity contribution in [2.24, 2.45) is 0 Å². The van der Waals surface area contributed by atoms with Crippen molar-refractivity contribution in [1.82, 2.24) is 14.7 Å². The average molecular weight is 393 g/mol. The Morgan fingerprint density at radius 1 is 1.17 bits per heavy atom. The first-order valence-corrected chi connectivity index (χ1v) is 9.83. The Kier molecular flexibility index (Phi) is 5.60. The highest BCUT2D eigenvalue weighted by Crippen LogP contribution is 2.28. The Morgan fingerprint density at radius 3 is 2.72 bits per heavy atom. The van der Waals surface area contributed by atoms with Gasteiger partial charge >= 0.3 is 0 Å². The molecule has 0 spiro atoms. The van der Waals surface area contributed by atoms with Gasteiger partial charge in [0, 0.05) is 19.3 Å². The third-order valence-corrected chi connectivity index (χ3v) is 5.48. The number of ether oxygens (including phenoxy) is 1. The highest BCUT2D eigenvalue weighted by Gasteiger charge is 2.25. The van der Waals surface area contributed by atoms with E-state index in [1.807, 2.05) is 47.6 Å². The number of methoxy groups -OCH3 is 1. The van der Waals surface area contributed by atoms with Crippen molar-refractivity contribution in [2.75, 3.05) is 20.2 Å². The van der Waals surface area contributed by atoms with Crippen LogP contribution in [0, 0.1) is 5.82 Å². The monoisotopic (exact) mass is 393 g/mol. The van der Waals surface area contributed by atoms with Crippen molar-refractivity contribution in [1.29, 1.82) is 0 Å². The Balaban J connectivity index is 1.35. The zero-order valence-corrected chi connectivity index (χ0v) is 16.4. The number of nitrogens with zero attached hydrogens (tertiary/aromatic N) is 3. The second-order valence-electron chi connectivity index (χ2n) is 7.38. The fraction of sp³-hybridized carbons (Fsp3) is 0.304. The van der Waals surface area contributed by atoms with Crippen LogP contribution in [0.5, 0.6) is 5.75 Å². The molecule has 6 heteroatoms. The molecular weight excluding hydrogens is 369 g/mol. The summed E-state index contributed by atoms with van der Waals surface area (Å²) in [7, 11) is 1.63. The highest BCUT2D eigenvalue weighted by atomic mass is 19.1. The molecule has 0 radical (unpaired) electrons. The normalized spacial score (nSPS) is 14.8. The molecule has 1 amide bonds. The van der Waals surface area contributed by atoms with Gasteiger partial charge in [-0.25, -0.2) is 9.07 Å². The maximum atomic E-state index is 13.4. The standard InChI is InChI=1S/C23H24FN3O2/c1-29-22-7-2-4-17(12-22)13-23(28)26-10-8-18(9-11-26)19-15-25-27(16-19)21-6-3-5-20(24)14-21/h2-7,12,14-16,18H,8-11,13H2,1H3. The van der Waals surface area contributed by atoms with Crippen LogP contribution in [0.2, 0.25) is 0 Å². The van der Waals surface area contributed by atoms with E-state index >= 15 is 0 Å². The van der Waals surface area contributed by atoms with Gasteiger partial charge in [-0.05, 0) is 60.2 Å². The van der Waals surface area contributed by atoms with Crippen molar-refractivity contribution < 1.29 is 13.9 Å². The Labute approximate surface area is 169 Å². The molecule has 0 N–H and O–H groups in total. The molecule has 0 atom stereocenters. The number of hydrogen-bond acceptors (Lipinski definition) is 3. The minimum atomic E-state index is -0.276. The van der Waals surface area contributed by atoms with Crippen LogP contribution < -0.4 is 4.74 Å². The van der Waals surface area contributed by atoms with Crippen molar-refractivity contribution in [3.63, 3.8) is 0 Å². The summed E-state index contributed by atoms with van der Waals surface area (Å²) in [6.45, 7) is 1.47. The summed E-state index contributed by atoms with van der Waals surface area (Å²) in [5.74, 6) is 0.997. The molecule has 0 saturated carbocycles. The smallest absolute Gasteiger partial charge is 0.226 e. The lowest BCUT2D eigenvalue weighted by Gasteiger charge is -2.31. The van der Waals surface area contributed by atoms with E-state index in [4.69, 9.17) is 4.74 Å². The summed E-state index contributed by atoms with van der Waals surface area (Å²) in [5, 5.41) is 4.39. The van der Waals surface area contributed by atoms with Gasteiger partial charge < -0.3 is 9.64 Å². The third-order valence-electron chi connectivity index (χ3n) is 5.48. The fourth-order valence-corrected chi connectivity index (χ4v) is 3.84. The summed E-state index contributed by atoms with van der Waals surface area (Å²) in [6.07, 6.45) is 6.01. The SMILES string of the molecule is COc1cccc(CC(=O)N2CCC(c3cnn(-c4cccc(F)c4)c3)CC2)c1. The van der Waals surface area contributed by atoms with E-state index in [-0.39, 0.29) is 11.7 Å². The van der Waals surface area contributed by atoms with Crippen LogP contribution in [-0.4, -0.2) is 40.8 Å². The molecule has 4 rings (SSSR count). The Morgan fingerprint density at radius 2 is 1.97 bits per heavy atom. The van der Waals surface area contributed by atoms with Gasteiger partial charge in [0.1, 0.15) is 11.6 Å². The molecular formula is C23H24FN3O2. The molecule has 0 aliphatic carbocycles. The largest absolute Gasteiger partial charge is 0.497 e. The van der Waals surface area contributed by atoms with E-state index in [1.54, 1.807) is 17.9 Å². The number of carbonyl (C=O) groups is 1. The third kappa shape index (κ3) is 4.47. The van der Waals surface area contributed by atoms with E-state index in [2.05, 4.69) is 5.10 Å². The van der Waals surface area contributed by atoms with Gasteiger partial charge in [-0.15, -0.1) is 0 Å². The van der Waals surface area contributed by atoms with Gasteiger partial charge in [0.05, 0.1) is 25.4 Å². The fourth-order valence-electron chi connectivity index (χ4n) is 3.84. The van der Waals surface area contributed by atoms with Gasteiger partial charge in [-0.3, -0.25) is 4.79 Å². The number of amides is 1. The summed E-state index contributed by atoms with van der Waals surface area (Å²) in [4.78, 5) is 14.6. The molecule has 3 aromatic rings. The molecule has 5 nitrogen and oxygen atoms in total. The Hall–Kier alpha value is -3.15. The van der Waals surface area contributed by atoms with Crippen LogP contribution in [0.1, 0.15) is 29.9 Å². The van der Waals surface area contributed by atoms with Gasteiger partial charge in [0.2, 0.25) is 5.91 Å². The van der Waals surface area contributed by atoms with Crippen LogP contribution in [0.15, 0.2) is 60.9 Å². The predicted molar refractivity (Wildman–Crippen MR) is 109 cm³/mol. The maximum absolute atomic E-state index is 13.4. The second kappa shape index (κ2) is 8.47. The van der Waals surface area contributed by atoms with Gasteiger partial charge in [-0.1, -0.05) is 18.2 Å². The minimum Gasteiger partial charge on any atom is -0.497 e. The van der Waals surface area contributed by atoms with Crippen LogP contribution in [0.25, 0.3) is 5.69 Å². The molecule has 1 fully saturated rings. The van der Waals surface area contributed by atoms with Crippen molar-refractivity contribution >= 4 is 5.91 Å². The van der Waals surface area contributed by atoms with E-state index in [1.165, 1.54) is 12.1 Å². The van der Waals surface area contributed by atoms with Crippen molar-refractivity contribution in [3.05, 3.63) is 77.9 Å². The molecule has 29 heavy (non-hydrogen) atoms. The van der Waals surface area contributed by atoms with Crippen LogP contribution in [0.3, 0.4) is 0 Å². The quantitative estimate of drug-likeness (QED) is 0.659. The van der Waals surface area contributed by atoms with Gasteiger partial charge in [-0.2, -0.15) is 5.10 Å². The average Bonchev–Trinajstić information content (AvgIpc) is 3.24. The lowest BCUT2D eigenvalue weighted by molar-refractivity contribution is -0.131. The van der Waals surface area contributed by atoms with Crippen LogP contribution in [0.4, 0.5) is 4.39 Å². The summed E-state index contributed by atoms with van der Waals surface area (Å²) in [5.41, 5.74) is 2.81. The second-order valence-corrected chi connectivity index (χ2v) is 7.38. The molecule has 2 aromatic carbocycles. The van der Waals surface area contributed by atoms with Crippen molar-refractivity contribution in [3.8, 4) is 11.4 Å². The molecule has 0 unspecified atom stereocenters. The first-order valence-electron chi connectivity index (χ1n) is 9.83. The molecule has 2 heterocycles. The zero-order valence-electron chi connectivity index (χ0n) is 16.4. The zero-order chi connectivity index (χ0) is 20.2. The molecule has 1 saturated heterocycles. The van der Waals surface area contributed by atoms with Gasteiger partial charge in [0.25, 0.3) is 0 Å². The summed E-state index contributed by atoms with van der Waals surface area (Å²) in [6, 6.07) is 14.0. The first-order chi connectivity index (χ1) is 14.1. The number of piperidine rings is 1. The lowest BCUT2D eigenvalue weighted by Crippen LogP contribution is -2.38. The first kappa shape index (κ1) is 19.2. The molecule has 1 aromatic heterocycles. The molecule has 150 valence electrons. The number of benzene rings is 2. The summed E-state index contributed by atoms with van der Waals surface area (Å²) >= 11 is 0. The van der Waals surface area contributed by atoms with Gasteiger partial charge in [0.15, 0.2) is 0 Å². The molecule has 1 aliphatic heterocycles. The number of carbonyl (C=O) groups excluding carboxylic acids is 1. The number of likely N-dealkylation sites (tertiary alicyclic amines) is 1. The summed E-state index contributed by atoms with van der Waals surface area (Å²) < 4.78 is 20.4. The maximum Gasteiger partial charge on any atom is 0.226 e. The minimum absolute atomic E-state index is 0.146. The number of rotatable bonds is 5. The van der Waals surface area contributed by atoms with E-state index in [0.717, 1.165) is 42.8 Å². The highest BCUT2D eigenvalue weighted by molar-refractivity contribution is 5.79. The number of halogens is 1. The molecule has 0 bridgehead atoms. The van der Waals surface area contributed by atoms with E-state index < -0.39 is 0 Å². The van der Waals surface area contributed by atoms with E-state index in [0.29, 0.717) is 18.0 Å². The number of hydrogen-bond donors (Lipinski definition) is 0. The Bertz CT molecular complexity index is 993. The van der Waals surface area contributed by atoms with E-state index in [9.17, 15) is 9.18 Å². The predicted octanol–water partition coefficient (Wildman–Crippen LogP) is 3.97. The van der Waals surface area contributed by atoms with Crippen LogP contribution >= 0.6 is 0 Å². The lowest BCUT2D eigenvalue weighted by atomic mass is 9.91. The van der Waals surface area contributed by atoms with Crippen LogP contribution in [-0.2, 0) is 11.2 Å². The number of aromatic nitrogens is 2. The van der Waals surface area contributed by atoms with Crippen molar-refractivity contribution in [2.45, 2.75) is 25.2 Å².